The van der Waals surface area contributed by atoms with Crippen LogP contribution in [-0.4, -0.2) is 38.3 Å². The predicted octanol–water partition coefficient (Wildman–Crippen LogP) is 10.8. The zero-order chi connectivity index (χ0) is 33.6. The molecule has 0 saturated carbocycles. The molecule has 0 spiro atoms. The number of unbranched alkanes of at least 4 members (excludes halogenated alkanes) is 1. The monoisotopic (exact) mass is 664 g/mol. The van der Waals surface area contributed by atoms with Gasteiger partial charge in [-0.25, -0.2) is 9.97 Å². The molecule has 246 valence electrons. The van der Waals surface area contributed by atoms with Crippen LogP contribution in [0, 0.1) is 5.92 Å². The minimum Gasteiger partial charge on any atom is -0.465 e. The topological polar surface area (TPSA) is 83.7 Å². The molecular formula is C42H40N4O2S. The zero-order valence-corrected chi connectivity index (χ0v) is 28.7. The van der Waals surface area contributed by atoms with Gasteiger partial charge >= 0.3 is 5.97 Å². The van der Waals surface area contributed by atoms with Crippen LogP contribution in [-0.2, 0) is 9.53 Å². The third-order valence-corrected chi connectivity index (χ3v) is 10.1. The van der Waals surface area contributed by atoms with E-state index in [2.05, 4.69) is 96.6 Å². The molecule has 5 aromatic rings. The molecule has 7 rings (SSSR count). The van der Waals surface area contributed by atoms with Crippen molar-refractivity contribution in [2.24, 2.45) is 5.92 Å². The maximum atomic E-state index is 13.1. The number of hydrogen-bond acceptors (Lipinski definition) is 5. The number of carbonyl (C=O) groups excluding carboxylic acids is 1. The van der Waals surface area contributed by atoms with Gasteiger partial charge in [-0.3, -0.25) is 4.79 Å². The summed E-state index contributed by atoms with van der Waals surface area (Å²) in [6.45, 7) is 4.82. The second-order valence-corrected chi connectivity index (χ2v) is 13.4. The Kier molecular flexibility index (Phi) is 9.89. The van der Waals surface area contributed by atoms with E-state index in [1.807, 2.05) is 42.5 Å². The van der Waals surface area contributed by atoms with Gasteiger partial charge in [0.25, 0.3) is 0 Å². The largest absolute Gasteiger partial charge is 0.465 e. The Labute approximate surface area is 291 Å². The Bertz CT molecular complexity index is 2140. The molecule has 2 aromatic carbocycles. The number of esters is 1. The van der Waals surface area contributed by atoms with Gasteiger partial charge in [0.1, 0.15) is 0 Å². The molecule has 0 radical (unpaired) electrons. The van der Waals surface area contributed by atoms with Crippen molar-refractivity contribution in [2.75, 3.05) is 12.4 Å². The number of fused-ring (bicyclic) bond motifs is 8. The number of hydrogen-bond donors (Lipinski definition) is 2. The summed E-state index contributed by atoms with van der Waals surface area (Å²) in [6, 6.07) is 31.1. The van der Waals surface area contributed by atoms with E-state index in [1.54, 1.807) is 0 Å². The number of rotatable bonds is 11. The molecule has 3 aromatic heterocycles. The Morgan fingerprint density at radius 3 is 2.08 bits per heavy atom. The second kappa shape index (κ2) is 15.0. The van der Waals surface area contributed by atoms with E-state index in [0.29, 0.717) is 12.5 Å². The summed E-state index contributed by atoms with van der Waals surface area (Å²) in [7, 11) is 0. The number of H-pyrrole nitrogens is 2. The van der Waals surface area contributed by atoms with E-state index in [0.717, 1.165) is 97.7 Å². The van der Waals surface area contributed by atoms with E-state index in [-0.39, 0.29) is 11.7 Å². The summed E-state index contributed by atoms with van der Waals surface area (Å²) in [4.78, 5) is 31.6. The summed E-state index contributed by atoms with van der Waals surface area (Å²) in [5.41, 5.74) is 11.3. The summed E-state index contributed by atoms with van der Waals surface area (Å²) >= 11 is 1.46. The van der Waals surface area contributed by atoms with Crippen molar-refractivity contribution < 1.29 is 9.53 Å². The first kappa shape index (κ1) is 32.4. The summed E-state index contributed by atoms with van der Waals surface area (Å²) in [5.74, 6) is 0.365. The van der Waals surface area contributed by atoms with Crippen LogP contribution in [0.25, 0.3) is 68.6 Å². The van der Waals surface area contributed by atoms with Gasteiger partial charge in [0.2, 0.25) is 0 Å². The van der Waals surface area contributed by atoms with Gasteiger partial charge in [0, 0.05) is 27.7 Å². The Morgan fingerprint density at radius 2 is 1.37 bits per heavy atom. The van der Waals surface area contributed by atoms with Gasteiger partial charge in [-0.2, -0.15) is 0 Å². The van der Waals surface area contributed by atoms with Crippen LogP contribution in [0.4, 0.5) is 0 Å². The number of benzene rings is 2. The lowest BCUT2D eigenvalue weighted by molar-refractivity contribution is -0.141. The molecule has 1 unspecified atom stereocenters. The standard InChI is InChI=1S/C42H40N4O2S/c1-3-5-12-28(4-2)26-48-39(47)27-49-42-37-23-21-35(45-37)40(29-13-8-6-9-14-29)33-19-17-31(43-33)25-32-18-20-34(44-32)41(30-15-10-7-11-16-30)36-22-24-38(42)46-36/h6-11,13-25,28,43,46H,3-5,12,26-27H2,1-2H3. The third kappa shape index (κ3) is 7.32. The predicted molar refractivity (Wildman–Crippen MR) is 205 cm³/mol. The maximum Gasteiger partial charge on any atom is 0.316 e. The van der Waals surface area contributed by atoms with E-state index < -0.39 is 0 Å². The lowest BCUT2D eigenvalue weighted by Gasteiger charge is -2.14. The SMILES string of the molecule is CCCCC(CC)COC(=O)CSc1c2nc(c(-c3ccccc3)c3ccc(cc4nc(c(-c5ccccc5)c5ccc1[nH]5)C=C4)[nH]3)C=C2. The van der Waals surface area contributed by atoms with Crippen LogP contribution in [0.1, 0.15) is 62.3 Å². The average Bonchev–Trinajstić information content (AvgIpc) is 3.97. The number of nitrogens with one attached hydrogen (secondary N) is 2. The first-order valence-corrected chi connectivity index (χ1v) is 18.1. The Hall–Kier alpha value is -5.14. The first-order chi connectivity index (χ1) is 24.1. The van der Waals surface area contributed by atoms with Crippen molar-refractivity contribution in [3.8, 4) is 22.3 Å². The molecule has 6 nitrogen and oxygen atoms in total. The molecule has 0 fully saturated rings. The fourth-order valence-electron chi connectivity index (χ4n) is 6.36. The van der Waals surface area contributed by atoms with Crippen LogP contribution >= 0.6 is 11.8 Å². The molecule has 7 heteroatoms. The number of ether oxygens (including phenoxy) is 1. The molecule has 49 heavy (non-hydrogen) atoms. The second-order valence-electron chi connectivity index (χ2n) is 12.4. The van der Waals surface area contributed by atoms with Gasteiger partial charge in [-0.15, -0.1) is 11.8 Å². The van der Waals surface area contributed by atoms with Crippen molar-refractivity contribution in [1.82, 2.24) is 19.9 Å². The van der Waals surface area contributed by atoms with E-state index in [1.165, 1.54) is 11.8 Å². The third-order valence-electron chi connectivity index (χ3n) is 9.01. The zero-order valence-electron chi connectivity index (χ0n) is 27.9. The van der Waals surface area contributed by atoms with Gasteiger partial charge in [-0.1, -0.05) is 93.8 Å². The lowest BCUT2D eigenvalue weighted by atomic mass is 10.0. The van der Waals surface area contributed by atoms with Crippen molar-refractivity contribution in [2.45, 2.75) is 44.4 Å². The first-order valence-electron chi connectivity index (χ1n) is 17.1. The van der Waals surface area contributed by atoms with E-state index in [9.17, 15) is 4.79 Å². The van der Waals surface area contributed by atoms with E-state index in [4.69, 9.17) is 14.7 Å². The molecular weight excluding hydrogens is 625 g/mol. The highest BCUT2D eigenvalue weighted by molar-refractivity contribution is 8.00. The van der Waals surface area contributed by atoms with Crippen molar-refractivity contribution in [3.05, 3.63) is 114 Å². The summed E-state index contributed by atoms with van der Waals surface area (Å²) < 4.78 is 5.80. The smallest absolute Gasteiger partial charge is 0.316 e. The Balaban J connectivity index is 1.41. The quantitative estimate of drug-likeness (QED) is 0.106. The van der Waals surface area contributed by atoms with Crippen LogP contribution in [0.2, 0.25) is 0 Å². The molecule has 0 saturated heterocycles. The van der Waals surface area contributed by atoms with Crippen LogP contribution in [0.3, 0.4) is 0 Å². The van der Waals surface area contributed by atoms with Gasteiger partial charge in [-0.05, 0) is 78.1 Å². The normalized spacial score (nSPS) is 12.7. The number of aromatic amines is 2. The maximum absolute atomic E-state index is 13.1. The van der Waals surface area contributed by atoms with Gasteiger partial charge < -0.3 is 14.7 Å². The van der Waals surface area contributed by atoms with E-state index >= 15 is 0 Å². The number of carbonyl (C=O) groups is 1. The minimum absolute atomic E-state index is 0.185. The highest BCUT2D eigenvalue weighted by Gasteiger charge is 2.18. The highest BCUT2D eigenvalue weighted by atomic mass is 32.2. The van der Waals surface area contributed by atoms with Crippen LogP contribution in [0.15, 0.2) is 95.9 Å². The Morgan fingerprint density at radius 1 is 0.735 bits per heavy atom. The molecule has 0 amide bonds. The highest BCUT2D eigenvalue weighted by Crippen LogP contribution is 2.36. The molecule has 5 heterocycles. The molecule has 8 bridgehead atoms. The van der Waals surface area contributed by atoms with Gasteiger partial charge in [0.05, 0.1) is 45.5 Å². The molecule has 1 atom stereocenters. The minimum atomic E-state index is -0.213. The summed E-state index contributed by atoms with van der Waals surface area (Å²) in [5, 5.41) is 0. The fourth-order valence-corrected chi connectivity index (χ4v) is 7.25. The number of thioether (sulfide) groups is 1. The van der Waals surface area contributed by atoms with Crippen molar-refractivity contribution >= 4 is 64.1 Å². The fraction of sp³-hybridized carbons (Fsp3) is 0.214. The van der Waals surface area contributed by atoms with Gasteiger partial charge in [0.15, 0.2) is 0 Å². The molecule has 2 aliphatic heterocycles. The van der Waals surface area contributed by atoms with Crippen LogP contribution < -0.4 is 0 Å². The average molecular weight is 665 g/mol. The summed E-state index contributed by atoms with van der Waals surface area (Å²) in [6.07, 6.45) is 12.6. The molecule has 0 aliphatic carbocycles. The molecule has 2 N–H and O–H groups in total. The number of aromatic nitrogens is 4. The van der Waals surface area contributed by atoms with Crippen molar-refractivity contribution in [3.63, 3.8) is 0 Å². The van der Waals surface area contributed by atoms with Crippen LogP contribution in [0.5, 0.6) is 0 Å². The molecule has 2 aliphatic rings. The van der Waals surface area contributed by atoms with Crippen molar-refractivity contribution in [1.29, 1.82) is 0 Å². The lowest BCUT2D eigenvalue weighted by Crippen LogP contribution is -2.15. The number of nitrogens with zero attached hydrogens (tertiary/aromatic N) is 2.